The Bertz CT molecular complexity index is 1020. The molecule has 27 heavy (non-hydrogen) atoms. The van der Waals surface area contributed by atoms with E-state index in [1.54, 1.807) is 0 Å². The van der Waals surface area contributed by atoms with E-state index in [9.17, 15) is 0 Å². The first-order valence-electron chi connectivity index (χ1n) is 8.94. The zero-order chi connectivity index (χ0) is 17.6. The molecule has 0 bridgehead atoms. The fourth-order valence-corrected chi connectivity index (χ4v) is 3.29. The average molecular weight is 391 g/mol. The van der Waals surface area contributed by atoms with Crippen LogP contribution in [0.2, 0.25) is 0 Å². The van der Waals surface area contributed by atoms with Crippen LogP contribution in [0.15, 0.2) is 109 Å². The molecule has 0 aliphatic heterocycles. The minimum absolute atomic E-state index is 0. The van der Waals surface area contributed by atoms with Crippen molar-refractivity contribution in [3.8, 4) is 11.3 Å². The van der Waals surface area contributed by atoms with Crippen LogP contribution in [0.25, 0.3) is 22.2 Å². The summed E-state index contributed by atoms with van der Waals surface area (Å²) in [4.78, 5) is 3.59. The second kappa shape index (κ2) is 9.23. The van der Waals surface area contributed by atoms with E-state index in [0.29, 0.717) is 0 Å². The fraction of sp³-hybridized carbons (Fsp3) is 0.0400. The molecule has 0 aliphatic carbocycles. The summed E-state index contributed by atoms with van der Waals surface area (Å²) in [5.41, 5.74) is 6.42. The van der Waals surface area contributed by atoms with Gasteiger partial charge in [-0.3, -0.25) is 0 Å². The first-order chi connectivity index (χ1) is 12.9. The Labute approximate surface area is 170 Å². The Morgan fingerprint density at radius 3 is 2.07 bits per heavy atom. The minimum atomic E-state index is 0. The second-order valence-corrected chi connectivity index (χ2v) is 6.32. The monoisotopic (exact) mass is 391 g/mol. The number of aromatic amines is 1. The van der Waals surface area contributed by atoms with Crippen LogP contribution in [-0.2, 0) is 23.5 Å². The zero-order valence-electron chi connectivity index (χ0n) is 15.0. The first-order valence-corrected chi connectivity index (χ1v) is 8.94. The van der Waals surface area contributed by atoms with Crippen LogP contribution in [0, 0.1) is 0 Å². The van der Waals surface area contributed by atoms with E-state index in [0.717, 1.165) is 6.42 Å². The molecule has 0 saturated carbocycles. The van der Waals surface area contributed by atoms with Crippen LogP contribution in [0.3, 0.4) is 0 Å². The summed E-state index contributed by atoms with van der Waals surface area (Å²) in [6.07, 6.45) is 0.960. The summed E-state index contributed by atoms with van der Waals surface area (Å²) in [5.74, 6) is 0. The van der Waals surface area contributed by atoms with Crippen LogP contribution in [-0.4, -0.2) is 4.98 Å². The summed E-state index contributed by atoms with van der Waals surface area (Å²) < 4.78 is 0. The van der Waals surface area contributed by atoms with Crippen molar-refractivity contribution in [1.82, 2.24) is 4.98 Å². The smallest absolute Gasteiger partial charge is 0.354 e. The molecule has 134 valence electrons. The van der Waals surface area contributed by atoms with E-state index in [1.807, 2.05) is 30.3 Å². The Kier molecular flexibility index (Phi) is 6.48. The maximum Gasteiger partial charge on any atom is 2.00 e. The third-order valence-corrected chi connectivity index (χ3v) is 4.54. The molecular formula is C25H21FeN. The van der Waals surface area contributed by atoms with Crippen molar-refractivity contribution < 1.29 is 17.1 Å². The van der Waals surface area contributed by atoms with E-state index in [1.165, 1.54) is 33.3 Å². The van der Waals surface area contributed by atoms with Gasteiger partial charge in [-0.25, -0.2) is 24.3 Å². The van der Waals surface area contributed by atoms with Gasteiger partial charge in [0.2, 0.25) is 0 Å². The van der Waals surface area contributed by atoms with Crippen molar-refractivity contribution in [2.24, 2.45) is 0 Å². The van der Waals surface area contributed by atoms with Crippen molar-refractivity contribution >= 4 is 10.9 Å². The molecule has 0 spiro atoms. The molecule has 0 saturated heterocycles. The maximum atomic E-state index is 3.59. The van der Waals surface area contributed by atoms with Gasteiger partial charge in [-0.05, 0) is 23.6 Å². The standard InChI is InChI=1S/C20H16N.C5H5.Fe/c1-2-10-16(11-3-1)20-18(14-15-8-4-5-9-15)17-12-6-7-13-19(17)21-20;1-2-4-5-3-1;/h1-13,21H,14H2;1-5H;/q2*-1;+2. The number of aromatic nitrogens is 1. The maximum absolute atomic E-state index is 3.59. The van der Waals surface area contributed by atoms with Crippen molar-refractivity contribution in [3.05, 3.63) is 120 Å². The molecule has 0 radical (unpaired) electrons. The van der Waals surface area contributed by atoms with E-state index >= 15 is 0 Å². The summed E-state index contributed by atoms with van der Waals surface area (Å²) >= 11 is 0. The van der Waals surface area contributed by atoms with Gasteiger partial charge in [0, 0.05) is 16.6 Å². The van der Waals surface area contributed by atoms with Gasteiger partial charge in [-0.2, -0.15) is 35.9 Å². The molecule has 5 rings (SSSR count). The minimum Gasteiger partial charge on any atom is -0.354 e. The number of nitrogens with one attached hydrogen (secondary N) is 1. The topological polar surface area (TPSA) is 15.8 Å². The van der Waals surface area contributed by atoms with Gasteiger partial charge in [-0.1, -0.05) is 48.5 Å². The Hall–Kier alpha value is -2.80. The van der Waals surface area contributed by atoms with Gasteiger partial charge >= 0.3 is 17.1 Å². The molecule has 1 heterocycles. The third-order valence-electron chi connectivity index (χ3n) is 4.54. The van der Waals surface area contributed by atoms with E-state index in [4.69, 9.17) is 0 Å². The molecular weight excluding hydrogens is 370 g/mol. The van der Waals surface area contributed by atoms with Gasteiger partial charge < -0.3 is 4.98 Å². The van der Waals surface area contributed by atoms with Crippen LogP contribution in [0.4, 0.5) is 0 Å². The molecule has 0 atom stereocenters. The number of para-hydroxylation sites is 1. The molecule has 1 N–H and O–H groups in total. The average Bonchev–Trinajstić information content (AvgIpc) is 3.47. The number of benzene rings is 2. The van der Waals surface area contributed by atoms with Gasteiger partial charge in [0.1, 0.15) is 0 Å². The molecule has 0 fully saturated rings. The molecule has 1 nitrogen and oxygen atoms in total. The van der Waals surface area contributed by atoms with Crippen molar-refractivity contribution in [1.29, 1.82) is 0 Å². The predicted octanol–water partition coefficient (Wildman–Crippen LogP) is 6.55. The zero-order valence-corrected chi connectivity index (χ0v) is 16.1. The predicted molar refractivity (Wildman–Crippen MR) is 111 cm³/mol. The Morgan fingerprint density at radius 2 is 1.41 bits per heavy atom. The second-order valence-electron chi connectivity index (χ2n) is 6.32. The molecule has 5 aromatic rings. The van der Waals surface area contributed by atoms with Gasteiger partial charge in [0.15, 0.2) is 0 Å². The van der Waals surface area contributed by atoms with E-state index in [-0.39, 0.29) is 17.1 Å². The molecule has 0 amide bonds. The van der Waals surface area contributed by atoms with E-state index < -0.39 is 0 Å². The van der Waals surface area contributed by atoms with Crippen molar-refractivity contribution in [3.63, 3.8) is 0 Å². The van der Waals surface area contributed by atoms with Crippen molar-refractivity contribution in [2.45, 2.75) is 6.42 Å². The normalized spacial score (nSPS) is 10.1. The SMILES string of the molecule is [Fe+2].c1cc[cH-]c1.c1ccc(-c2[nH]c3ccccc3c2C[c-]2cccc2)cc1. The number of rotatable bonds is 3. The number of hydrogen-bond acceptors (Lipinski definition) is 0. The summed E-state index contributed by atoms with van der Waals surface area (Å²) in [6.45, 7) is 0. The van der Waals surface area contributed by atoms with Crippen LogP contribution >= 0.6 is 0 Å². The molecule has 0 aliphatic rings. The molecule has 4 aromatic carbocycles. The number of hydrogen-bond donors (Lipinski definition) is 1. The molecule has 2 heteroatoms. The van der Waals surface area contributed by atoms with Crippen LogP contribution in [0.1, 0.15) is 11.1 Å². The largest absolute Gasteiger partial charge is 2.00 e. The summed E-state index contributed by atoms with van der Waals surface area (Å²) in [7, 11) is 0. The molecule has 0 unspecified atom stereocenters. The summed E-state index contributed by atoms with van der Waals surface area (Å²) in [6, 6.07) is 37.7. The number of fused-ring (bicyclic) bond motifs is 1. The van der Waals surface area contributed by atoms with Crippen LogP contribution in [0.5, 0.6) is 0 Å². The van der Waals surface area contributed by atoms with E-state index in [2.05, 4.69) is 83.8 Å². The Balaban J connectivity index is 0.000000306. The van der Waals surface area contributed by atoms with Crippen LogP contribution < -0.4 is 0 Å². The van der Waals surface area contributed by atoms with Crippen molar-refractivity contribution in [2.75, 3.05) is 0 Å². The Morgan fingerprint density at radius 1 is 0.741 bits per heavy atom. The third kappa shape index (κ3) is 4.49. The number of H-pyrrole nitrogens is 1. The van der Waals surface area contributed by atoms with Gasteiger partial charge in [0.25, 0.3) is 0 Å². The van der Waals surface area contributed by atoms with Gasteiger partial charge in [-0.15, -0.1) is 0 Å². The fourth-order valence-electron chi connectivity index (χ4n) is 3.29. The quantitative estimate of drug-likeness (QED) is 0.265. The first kappa shape index (κ1) is 19.0. The summed E-state index contributed by atoms with van der Waals surface area (Å²) in [5, 5.41) is 1.32. The van der Waals surface area contributed by atoms with Gasteiger partial charge in [0.05, 0.1) is 0 Å². The molecule has 1 aromatic heterocycles.